The molecular weight excluding hydrogens is 178 g/mol. The van der Waals surface area contributed by atoms with E-state index in [1.54, 1.807) is 13.2 Å². The molecule has 0 aliphatic heterocycles. The van der Waals surface area contributed by atoms with Gasteiger partial charge in [-0.3, -0.25) is 0 Å². The lowest BCUT2D eigenvalue weighted by Gasteiger charge is -2.11. The molecule has 1 atom stereocenters. The quantitative estimate of drug-likeness (QED) is 0.714. The van der Waals surface area contributed by atoms with Gasteiger partial charge >= 0.3 is 0 Å². The van der Waals surface area contributed by atoms with Gasteiger partial charge in [-0.15, -0.1) is 17.4 Å². The summed E-state index contributed by atoms with van der Waals surface area (Å²) in [5.74, 6) is 3.09. The summed E-state index contributed by atoms with van der Waals surface area (Å²) in [7, 11) is 3.40. The van der Waals surface area contributed by atoms with Crippen LogP contribution in [0.5, 0.6) is 5.88 Å². The molecule has 0 amide bonds. The molecule has 1 heterocycles. The van der Waals surface area contributed by atoms with Crippen LogP contribution < -0.4 is 10.1 Å². The molecule has 0 bridgehead atoms. The van der Waals surface area contributed by atoms with Gasteiger partial charge in [0.2, 0.25) is 5.88 Å². The smallest absolute Gasteiger partial charge is 0.233 e. The third kappa shape index (κ3) is 2.44. The second-order valence-electron chi connectivity index (χ2n) is 2.75. The first-order chi connectivity index (χ1) is 6.81. The van der Waals surface area contributed by atoms with Crippen LogP contribution in [-0.2, 0) is 0 Å². The van der Waals surface area contributed by atoms with Gasteiger partial charge in [-0.1, -0.05) is 0 Å². The van der Waals surface area contributed by atoms with E-state index in [9.17, 15) is 0 Å². The van der Waals surface area contributed by atoms with Gasteiger partial charge in [-0.25, -0.2) is 0 Å². The first kappa shape index (κ1) is 10.5. The molecule has 0 fully saturated rings. The minimum Gasteiger partial charge on any atom is -0.480 e. The van der Waals surface area contributed by atoms with Crippen molar-refractivity contribution in [1.82, 2.24) is 15.5 Å². The van der Waals surface area contributed by atoms with Crippen LogP contribution in [0.3, 0.4) is 0 Å². The molecule has 1 aromatic heterocycles. The third-order valence-corrected chi connectivity index (χ3v) is 1.90. The minimum atomic E-state index is 0.0541. The maximum absolute atomic E-state index is 5.24. The zero-order chi connectivity index (χ0) is 10.4. The van der Waals surface area contributed by atoms with E-state index < -0.39 is 0 Å². The predicted molar refractivity (Wildman–Crippen MR) is 53.8 cm³/mol. The fraction of sp³-hybridized carbons (Fsp3) is 0.400. The van der Waals surface area contributed by atoms with Crippen LogP contribution in [0.15, 0.2) is 12.1 Å². The maximum atomic E-state index is 5.24. The van der Waals surface area contributed by atoms with Gasteiger partial charge in [0.1, 0.15) is 0 Å². The number of ether oxygens (including phenoxy) is 1. The van der Waals surface area contributed by atoms with E-state index in [4.69, 9.17) is 11.2 Å². The molecule has 74 valence electrons. The molecule has 0 aromatic carbocycles. The standard InChI is InChI=1S/C10H13N3O/c1-4-5-8(11-2)9-6-7-10(14-3)13-12-9/h1,6-8,11H,5H2,2-3H3. The van der Waals surface area contributed by atoms with Crippen LogP contribution in [0, 0.1) is 12.3 Å². The average molecular weight is 191 g/mol. The number of hydrogen-bond acceptors (Lipinski definition) is 4. The predicted octanol–water partition coefficient (Wildman–Crippen LogP) is 0.769. The molecule has 0 saturated carbocycles. The van der Waals surface area contributed by atoms with Gasteiger partial charge in [0.25, 0.3) is 0 Å². The van der Waals surface area contributed by atoms with Crippen molar-refractivity contribution in [2.24, 2.45) is 0 Å². The highest BCUT2D eigenvalue weighted by atomic mass is 16.5. The molecule has 1 aromatic rings. The highest BCUT2D eigenvalue weighted by molar-refractivity contribution is 5.15. The molecule has 1 N–H and O–H groups in total. The van der Waals surface area contributed by atoms with Crippen LogP contribution >= 0.6 is 0 Å². The van der Waals surface area contributed by atoms with E-state index in [0.29, 0.717) is 12.3 Å². The van der Waals surface area contributed by atoms with Crippen LogP contribution in [0.4, 0.5) is 0 Å². The fourth-order valence-corrected chi connectivity index (χ4v) is 1.10. The van der Waals surface area contributed by atoms with Crippen molar-refractivity contribution >= 4 is 0 Å². The lowest BCUT2D eigenvalue weighted by Crippen LogP contribution is -2.17. The molecule has 0 radical (unpaired) electrons. The van der Waals surface area contributed by atoms with Crippen molar-refractivity contribution in [3.05, 3.63) is 17.8 Å². The van der Waals surface area contributed by atoms with Crippen LogP contribution in [0.25, 0.3) is 0 Å². The van der Waals surface area contributed by atoms with Gasteiger partial charge in [-0.05, 0) is 13.1 Å². The van der Waals surface area contributed by atoms with Crippen molar-refractivity contribution in [2.45, 2.75) is 12.5 Å². The van der Waals surface area contributed by atoms with Crippen molar-refractivity contribution in [3.8, 4) is 18.2 Å². The second kappa shape index (κ2) is 5.20. The number of hydrogen-bond donors (Lipinski definition) is 1. The minimum absolute atomic E-state index is 0.0541. The summed E-state index contributed by atoms with van der Waals surface area (Å²) in [5.41, 5.74) is 0.825. The molecule has 0 saturated heterocycles. The molecular formula is C10H13N3O. The Morgan fingerprint density at radius 3 is 2.79 bits per heavy atom. The normalized spacial score (nSPS) is 11.8. The van der Waals surface area contributed by atoms with E-state index in [0.717, 1.165) is 5.69 Å². The summed E-state index contributed by atoms with van der Waals surface area (Å²) in [4.78, 5) is 0. The molecule has 0 spiro atoms. The Hall–Kier alpha value is -1.60. The zero-order valence-electron chi connectivity index (χ0n) is 8.32. The summed E-state index contributed by atoms with van der Waals surface area (Å²) in [5, 5.41) is 10.9. The van der Waals surface area contributed by atoms with Gasteiger partial charge in [-0.2, -0.15) is 5.10 Å². The first-order valence-corrected chi connectivity index (χ1v) is 4.30. The van der Waals surface area contributed by atoms with E-state index >= 15 is 0 Å². The van der Waals surface area contributed by atoms with Gasteiger partial charge in [0, 0.05) is 12.5 Å². The van der Waals surface area contributed by atoms with E-state index in [1.807, 2.05) is 13.1 Å². The molecule has 14 heavy (non-hydrogen) atoms. The number of methoxy groups -OCH3 is 1. The number of aromatic nitrogens is 2. The molecule has 1 rings (SSSR count). The maximum Gasteiger partial charge on any atom is 0.233 e. The summed E-state index contributed by atoms with van der Waals surface area (Å²) in [6.07, 6.45) is 5.83. The molecule has 4 nitrogen and oxygen atoms in total. The summed E-state index contributed by atoms with van der Waals surface area (Å²) in [6, 6.07) is 3.67. The Morgan fingerprint density at radius 1 is 1.57 bits per heavy atom. The SMILES string of the molecule is C#CCC(NC)c1ccc(OC)nn1. The summed E-state index contributed by atoms with van der Waals surface area (Å²) in [6.45, 7) is 0. The summed E-state index contributed by atoms with van der Waals surface area (Å²) < 4.78 is 4.91. The molecule has 1 unspecified atom stereocenters. The van der Waals surface area contributed by atoms with E-state index in [1.165, 1.54) is 0 Å². The Bertz CT molecular complexity index is 315. The van der Waals surface area contributed by atoms with Crippen molar-refractivity contribution in [2.75, 3.05) is 14.2 Å². The first-order valence-electron chi connectivity index (χ1n) is 4.30. The number of rotatable bonds is 4. The van der Waals surface area contributed by atoms with Crippen LogP contribution in [0.1, 0.15) is 18.2 Å². The third-order valence-electron chi connectivity index (χ3n) is 1.90. The van der Waals surface area contributed by atoms with Gasteiger partial charge < -0.3 is 10.1 Å². The average Bonchev–Trinajstić information content (AvgIpc) is 2.26. The fourth-order valence-electron chi connectivity index (χ4n) is 1.10. The topological polar surface area (TPSA) is 47.0 Å². The number of nitrogens with one attached hydrogen (secondary N) is 1. The molecule has 4 heteroatoms. The van der Waals surface area contributed by atoms with Crippen molar-refractivity contribution < 1.29 is 4.74 Å². The highest BCUT2D eigenvalue weighted by Crippen LogP contribution is 2.14. The molecule has 0 aliphatic rings. The Kier molecular flexibility index (Phi) is 3.89. The highest BCUT2D eigenvalue weighted by Gasteiger charge is 2.09. The van der Waals surface area contributed by atoms with Crippen molar-refractivity contribution in [1.29, 1.82) is 0 Å². The monoisotopic (exact) mass is 191 g/mol. The van der Waals surface area contributed by atoms with E-state index in [-0.39, 0.29) is 6.04 Å². The lowest BCUT2D eigenvalue weighted by atomic mass is 10.1. The van der Waals surface area contributed by atoms with Crippen LogP contribution in [0.2, 0.25) is 0 Å². The number of terminal acetylenes is 1. The zero-order valence-corrected chi connectivity index (χ0v) is 8.32. The molecule has 0 aliphatic carbocycles. The number of nitrogens with zero attached hydrogens (tertiary/aromatic N) is 2. The largest absolute Gasteiger partial charge is 0.480 e. The van der Waals surface area contributed by atoms with E-state index in [2.05, 4.69) is 21.4 Å². The van der Waals surface area contributed by atoms with Gasteiger partial charge in [0.15, 0.2) is 0 Å². The van der Waals surface area contributed by atoms with Crippen LogP contribution in [-0.4, -0.2) is 24.4 Å². The van der Waals surface area contributed by atoms with Gasteiger partial charge in [0.05, 0.1) is 18.8 Å². The Balaban J connectivity index is 2.79. The van der Waals surface area contributed by atoms with Crippen molar-refractivity contribution in [3.63, 3.8) is 0 Å². The Labute approximate surface area is 83.7 Å². The second-order valence-corrected chi connectivity index (χ2v) is 2.75. The Morgan fingerprint density at radius 2 is 2.36 bits per heavy atom. The summed E-state index contributed by atoms with van der Waals surface area (Å²) >= 11 is 0. The lowest BCUT2D eigenvalue weighted by molar-refractivity contribution is 0.389.